The zero-order chi connectivity index (χ0) is 17.9. The molecule has 0 aromatic rings. The molecular weight excluding hydrogens is 324 g/mol. The molecular formula is C15H28O9. The first-order valence-corrected chi connectivity index (χ1v) is 7.73. The summed E-state index contributed by atoms with van der Waals surface area (Å²) in [4.78, 5) is 21.5. The van der Waals surface area contributed by atoms with Crippen LogP contribution in [0.3, 0.4) is 0 Å². The molecule has 24 heavy (non-hydrogen) atoms. The van der Waals surface area contributed by atoms with Crippen molar-refractivity contribution in [1.82, 2.24) is 0 Å². The number of hydrogen-bond donors (Lipinski definition) is 0. The summed E-state index contributed by atoms with van der Waals surface area (Å²) in [5, 5.41) is 0. The van der Waals surface area contributed by atoms with E-state index in [1.165, 1.54) is 14.2 Å². The second kappa shape index (κ2) is 18.1. The van der Waals surface area contributed by atoms with Gasteiger partial charge in [0, 0.05) is 0 Å². The minimum atomic E-state index is -0.410. The summed E-state index contributed by atoms with van der Waals surface area (Å²) < 4.78 is 34.9. The Kier molecular flexibility index (Phi) is 17.1. The maximum Gasteiger partial charge on any atom is 0.331 e. The smallest absolute Gasteiger partial charge is 0.331 e. The molecule has 0 unspecified atom stereocenters. The van der Waals surface area contributed by atoms with E-state index in [0.717, 1.165) is 0 Å². The molecule has 0 aliphatic carbocycles. The summed E-state index contributed by atoms with van der Waals surface area (Å²) in [5.41, 5.74) is 0. The quantitative estimate of drug-likeness (QED) is 0.260. The van der Waals surface area contributed by atoms with Crippen molar-refractivity contribution in [3.63, 3.8) is 0 Å². The van der Waals surface area contributed by atoms with E-state index in [-0.39, 0.29) is 19.0 Å². The van der Waals surface area contributed by atoms with Gasteiger partial charge in [-0.2, -0.15) is 0 Å². The number of rotatable bonds is 17. The number of hydrogen-bond acceptors (Lipinski definition) is 9. The molecule has 0 aromatic carbocycles. The molecule has 0 aliphatic heterocycles. The summed E-state index contributed by atoms with van der Waals surface area (Å²) in [7, 11) is 2.65. The van der Waals surface area contributed by atoms with E-state index in [4.69, 9.17) is 23.7 Å². The molecule has 0 atom stereocenters. The normalized spacial score (nSPS) is 10.6. The average molecular weight is 352 g/mol. The van der Waals surface area contributed by atoms with Crippen LogP contribution in [0.5, 0.6) is 0 Å². The van der Waals surface area contributed by atoms with Gasteiger partial charge in [-0.25, -0.2) is 4.79 Å². The van der Waals surface area contributed by atoms with Crippen LogP contribution in [-0.2, 0) is 42.7 Å². The van der Waals surface area contributed by atoms with Gasteiger partial charge in [-0.3, -0.25) is 4.79 Å². The lowest BCUT2D eigenvalue weighted by Gasteiger charge is -2.07. The van der Waals surface area contributed by atoms with Gasteiger partial charge >= 0.3 is 11.9 Å². The van der Waals surface area contributed by atoms with Gasteiger partial charge in [0.25, 0.3) is 0 Å². The molecule has 0 bridgehead atoms. The third kappa shape index (κ3) is 17.1. The lowest BCUT2D eigenvalue weighted by Crippen LogP contribution is -2.15. The van der Waals surface area contributed by atoms with Crippen LogP contribution < -0.4 is 0 Å². The third-order valence-electron chi connectivity index (χ3n) is 2.61. The predicted molar refractivity (Wildman–Crippen MR) is 82.7 cm³/mol. The molecule has 0 rings (SSSR count). The fourth-order valence-corrected chi connectivity index (χ4v) is 1.35. The van der Waals surface area contributed by atoms with E-state index >= 15 is 0 Å². The van der Waals surface area contributed by atoms with Crippen molar-refractivity contribution in [2.75, 3.05) is 80.3 Å². The van der Waals surface area contributed by atoms with E-state index in [1.807, 2.05) is 0 Å². The van der Waals surface area contributed by atoms with Gasteiger partial charge in [0.15, 0.2) is 0 Å². The predicted octanol–water partition coefficient (Wildman–Crippen LogP) is -0.194. The molecule has 0 spiro atoms. The van der Waals surface area contributed by atoms with Crippen molar-refractivity contribution >= 4 is 11.9 Å². The van der Waals surface area contributed by atoms with Crippen LogP contribution in [0.4, 0.5) is 0 Å². The SMILES string of the molecule is COC(=O)CCOCCOCCOCCOCCOCC(=O)OC. The number of esters is 2. The Bertz CT molecular complexity index is 279. The number of carbonyl (C=O) groups excluding carboxylic acids is 2. The Morgan fingerprint density at radius 3 is 1.33 bits per heavy atom. The van der Waals surface area contributed by atoms with Gasteiger partial charge in [-0.15, -0.1) is 0 Å². The fourth-order valence-electron chi connectivity index (χ4n) is 1.35. The van der Waals surface area contributed by atoms with Crippen LogP contribution in [0.25, 0.3) is 0 Å². The van der Waals surface area contributed by atoms with Crippen molar-refractivity contribution in [3.05, 3.63) is 0 Å². The molecule has 0 aromatic heterocycles. The molecule has 0 radical (unpaired) electrons. The van der Waals surface area contributed by atoms with E-state index < -0.39 is 5.97 Å². The minimum Gasteiger partial charge on any atom is -0.469 e. The summed E-state index contributed by atoms with van der Waals surface area (Å²) in [6.45, 7) is 3.66. The van der Waals surface area contributed by atoms with E-state index in [2.05, 4.69) is 9.47 Å². The second-order valence-electron chi connectivity index (χ2n) is 4.40. The van der Waals surface area contributed by atoms with Crippen molar-refractivity contribution in [2.24, 2.45) is 0 Å². The van der Waals surface area contributed by atoms with Crippen LogP contribution in [0.15, 0.2) is 0 Å². The highest BCUT2D eigenvalue weighted by molar-refractivity contribution is 5.70. The molecule has 0 saturated carbocycles. The number of methoxy groups -OCH3 is 2. The third-order valence-corrected chi connectivity index (χ3v) is 2.61. The molecule has 142 valence electrons. The maximum atomic E-state index is 10.8. The monoisotopic (exact) mass is 352 g/mol. The van der Waals surface area contributed by atoms with Crippen LogP contribution in [0, 0.1) is 0 Å². The van der Waals surface area contributed by atoms with Crippen molar-refractivity contribution in [1.29, 1.82) is 0 Å². The van der Waals surface area contributed by atoms with Crippen LogP contribution in [-0.4, -0.2) is 92.2 Å². The number of carbonyl (C=O) groups is 2. The molecule has 0 saturated heterocycles. The minimum absolute atomic E-state index is 0.0693. The van der Waals surface area contributed by atoms with Crippen molar-refractivity contribution in [2.45, 2.75) is 6.42 Å². The van der Waals surface area contributed by atoms with E-state index in [0.29, 0.717) is 59.5 Å². The molecule has 0 amide bonds. The highest BCUT2D eigenvalue weighted by Gasteiger charge is 2.00. The molecule has 0 heterocycles. The standard InChI is InChI=1S/C15H28O9/c1-18-14(16)3-4-20-5-6-21-7-8-22-9-10-23-11-12-24-13-15(17)19-2/h3-13H2,1-2H3. The van der Waals surface area contributed by atoms with Gasteiger partial charge in [0.2, 0.25) is 0 Å². The molecule has 0 fully saturated rings. The van der Waals surface area contributed by atoms with Gasteiger partial charge in [0.1, 0.15) is 6.61 Å². The molecule has 0 aliphatic rings. The first-order valence-electron chi connectivity index (χ1n) is 7.73. The van der Waals surface area contributed by atoms with Gasteiger partial charge in [0.05, 0.1) is 80.1 Å². The van der Waals surface area contributed by atoms with Gasteiger partial charge in [-0.05, 0) is 0 Å². The lowest BCUT2D eigenvalue weighted by molar-refractivity contribution is -0.146. The largest absolute Gasteiger partial charge is 0.469 e. The Morgan fingerprint density at radius 1 is 0.542 bits per heavy atom. The van der Waals surface area contributed by atoms with Gasteiger partial charge < -0.3 is 33.2 Å². The van der Waals surface area contributed by atoms with E-state index in [1.54, 1.807) is 0 Å². The van der Waals surface area contributed by atoms with Crippen molar-refractivity contribution < 1.29 is 42.7 Å². The van der Waals surface area contributed by atoms with Crippen LogP contribution >= 0.6 is 0 Å². The number of ether oxygens (including phenoxy) is 7. The van der Waals surface area contributed by atoms with Crippen molar-refractivity contribution in [3.8, 4) is 0 Å². The van der Waals surface area contributed by atoms with Gasteiger partial charge in [-0.1, -0.05) is 0 Å². The summed E-state index contributed by atoms with van der Waals surface area (Å²) >= 11 is 0. The molecule has 9 heteroatoms. The summed E-state index contributed by atoms with van der Waals surface area (Å²) in [6.07, 6.45) is 0.243. The Balaban J connectivity index is 3.05. The Hall–Kier alpha value is -1.26. The average Bonchev–Trinajstić information content (AvgIpc) is 2.60. The van der Waals surface area contributed by atoms with Crippen LogP contribution in [0.1, 0.15) is 6.42 Å². The first kappa shape index (κ1) is 22.7. The first-order chi connectivity index (χ1) is 11.7. The Labute approximate surface area is 142 Å². The molecule has 9 nitrogen and oxygen atoms in total. The fraction of sp³-hybridized carbons (Fsp3) is 0.867. The topological polar surface area (TPSA) is 98.8 Å². The maximum absolute atomic E-state index is 10.8. The Morgan fingerprint density at radius 2 is 0.917 bits per heavy atom. The second-order valence-corrected chi connectivity index (χ2v) is 4.40. The van der Waals surface area contributed by atoms with E-state index in [9.17, 15) is 9.59 Å². The highest BCUT2D eigenvalue weighted by Crippen LogP contribution is 1.87. The van der Waals surface area contributed by atoms with Crippen LogP contribution in [0.2, 0.25) is 0 Å². The molecule has 0 N–H and O–H groups in total. The zero-order valence-electron chi connectivity index (χ0n) is 14.5. The highest BCUT2D eigenvalue weighted by atomic mass is 16.6. The zero-order valence-corrected chi connectivity index (χ0v) is 14.5. The lowest BCUT2D eigenvalue weighted by atomic mass is 10.5. The summed E-state index contributed by atoms with van der Waals surface area (Å²) in [6, 6.07) is 0. The summed E-state index contributed by atoms with van der Waals surface area (Å²) in [5.74, 6) is -0.700.